The Morgan fingerprint density at radius 3 is 2.32 bits per heavy atom. The number of hydrogen-bond donors (Lipinski definition) is 0. The molecule has 3 nitrogen and oxygen atoms in total. The minimum atomic E-state index is -0.359. The molecular weight excluding hydrogens is 375 g/mol. The van der Waals surface area contributed by atoms with E-state index in [1.807, 2.05) is 42.5 Å². The fourth-order valence-corrected chi connectivity index (χ4v) is 3.57. The van der Waals surface area contributed by atoms with E-state index in [0.717, 1.165) is 42.0 Å². The fourth-order valence-electron chi connectivity index (χ4n) is 3.45. The van der Waals surface area contributed by atoms with Crippen LogP contribution in [-0.4, -0.2) is 36.1 Å². The third-order valence-electron chi connectivity index (χ3n) is 5.03. The number of nitrogens with zero attached hydrogens (tertiary/aromatic N) is 2. The lowest BCUT2D eigenvalue weighted by Crippen LogP contribution is -2.25. The van der Waals surface area contributed by atoms with Crippen LogP contribution in [-0.2, 0) is 0 Å². The second kappa shape index (κ2) is 8.72. The Hall–Kier alpha value is -2.43. The molecule has 2 aromatic carbocycles. The highest BCUT2D eigenvalue weighted by Crippen LogP contribution is 2.27. The minimum Gasteiger partial charge on any atom is -0.489 e. The van der Waals surface area contributed by atoms with Gasteiger partial charge in [0.2, 0.25) is 0 Å². The van der Waals surface area contributed by atoms with E-state index in [2.05, 4.69) is 9.88 Å². The third-order valence-corrected chi connectivity index (χ3v) is 5.28. The van der Waals surface area contributed by atoms with Crippen molar-refractivity contribution in [2.45, 2.75) is 12.8 Å². The Morgan fingerprint density at radius 2 is 1.64 bits per heavy atom. The van der Waals surface area contributed by atoms with Crippen molar-refractivity contribution < 1.29 is 9.13 Å². The largest absolute Gasteiger partial charge is 0.489 e. The molecule has 0 spiro atoms. The van der Waals surface area contributed by atoms with E-state index in [4.69, 9.17) is 16.3 Å². The highest BCUT2D eigenvalue weighted by molar-refractivity contribution is 6.30. The molecule has 1 aromatic heterocycles. The topological polar surface area (TPSA) is 25.4 Å². The Morgan fingerprint density at radius 1 is 0.929 bits per heavy atom. The zero-order chi connectivity index (χ0) is 19.3. The maximum absolute atomic E-state index is 14.4. The van der Waals surface area contributed by atoms with Gasteiger partial charge in [-0.3, -0.25) is 9.88 Å². The Bertz CT molecular complexity index is 922. The summed E-state index contributed by atoms with van der Waals surface area (Å²) < 4.78 is 20.1. The predicted octanol–water partition coefficient (Wildman–Crippen LogP) is 5.68. The molecular formula is C23H22ClFN2O. The van der Waals surface area contributed by atoms with Gasteiger partial charge in [0, 0.05) is 28.9 Å². The summed E-state index contributed by atoms with van der Waals surface area (Å²) in [6, 6.07) is 16.5. The fraction of sp³-hybridized carbons (Fsp3) is 0.261. The van der Waals surface area contributed by atoms with E-state index in [1.165, 1.54) is 18.9 Å². The molecule has 0 atom stereocenters. The monoisotopic (exact) mass is 396 g/mol. The molecule has 1 saturated heterocycles. The molecule has 0 unspecified atom stereocenters. The number of likely N-dealkylation sites (tertiary alicyclic amines) is 1. The van der Waals surface area contributed by atoms with Crippen LogP contribution < -0.4 is 4.74 Å². The summed E-state index contributed by atoms with van der Waals surface area (Å²) in [5.41, 5.74) is 3.48. The number of hydrogen-bond acceptors (Lipinski definition) is 3. The standard InChI is InChI=1S/C23H22ClFN2O/c24-20-7-3-17(4-8-20)19-5-9-22(26-16-19)18-6-10-23(21(25)15-18)28-14-13-27-11-1-2-12-27/h3-10,15-16H,1-2,11-14H2. The molecule has 5 heteroatoms. The lowest BCUT2D eigenvalue weighted by atomic mass is 10.1. The van der Waals surface area contributed by atoms with Crippen LogP contribution in [0, 0.1) is 5.82 Å². The SMILES string of the molecule is Fc1cc(-c2ccc(-c3ccc(Cl)cc3)cn2)ccc1OCCN1CCCC1. The summed E-state index contributed by atoms with van der Waals surface area (Å²) >= 11 is 5.93. The predicted molar refractivity (Wildman–Crippen MR) is 111 cm³/mol. The van der Waals surface area contributed by atoms with Crippen molar-refractivity contribution >= 4 is 11.6 Å². The number of ether oxygens (including phenoxy) is 1. The molecule has 28 heavy (non-hydrogen) atoms. The molecule has 0 bridgehead atoms. The van der Waals surface area contributed by atoms with Crippen LogP contribution in [0.15, 0.2) is 60.8 Å². The average molecular weight is 397 g/mol. The maximum atomic E-state index is 14.4. The van der Waals surface area contributed by atoms with E-state index in [9.17, 15) is 4.39 Å². The summed E-state index contributed by atoms with van der Waals surface area (Å²) in [6.45, 7) is 3.57. The third kappa shape index (κ3) is 4.51. The highest BCUT2D eigenvalue weighted by atomic mass is 35.5. The molecule has 0 aliphatic carbocycles. The van der Waals surface area contributed by atoms with Crippen molar-refractivity contribution in [3.63, 3.8) is 0 Å². The van der Waals surface area contributed by atoms with Crippen molar-refractivity contribution in [1.82, 2.24) is 9.88 Å². The van der Waals surface area contributed by atoms with Gasteiger partial charge in [-0.05, 0) is 67.9 Å². The van der Waals surface area contributed by atoms with Crippen LogP contribution in [0.25, 0.3) is 22.4 Å². The lowest BCUT2D eigenvalue weighted by molar-refractivity contribution is 0.231. The van der Waals surface area contributed by atoms with E-state index in [1.54, 1.807) is 12.3 Å². The summed E-state index contributed by atoms with van der Waals surface area (Å²) in [7, 11) is 0. The van der Waals surface area contributed by atoms with E-state index in [0.29, 0.717) is 17.4 Å². The number of aromatic nitrogens is 1. The summed E-state index contributed by atoms with van der Waals surface area (Å²) in [5, 5.41) is 0.701. The van der Waals surface area contributed by atoms with Crippen LogP contribution in [0.5, 0.6) is 5.75 Å². The normalized spacial score (nSPS) is 14.4. The van der Waals surface area contributed by atoms with Crippen molar-refractivity contribution in [1.29, 1.82) is 0 Å². The molecule has 0 N–H and O–H groups in total. The van der Waals surface area contributed by atoms with Gasteiger partial charge >= 0.3 is 0 Å². The zero-order valence-electron chi connectivity index (χ0n) is 15.6. The molecule has 3 aromatic rings. The lowest BCUT2D eigenvalue weighted by Gasteiger charge is -2.15. The van der Waals surface area contributed by atoms with Gasteiger partial charge in [0.15, 0.2) is 11.6 Å². The summed E-state index contributed by atoms with van der Waals surface area (Å²) in [6.07, 6.45) is 4.27. The maximum Gasteiger partial charge on any atom is 0.165 e. The molecule has 0 saturated carbocycles. The number of pyridine rings is 1. The van der Waals surface area contributed by atoms with Crippen molar-refractivity contribution in [2.24, 2.45) is 0 Å². The number of benzene rings is 2. The number of rotatable bonds is 6. The second-order valence-electron chi connectivity index (χ2n) is 6.98. The first kappa shape index (κ1) is 18.9. The Balaban J connectivity index is 1.42. The zero-order valence-corrected chi connectivity index (χ0v) is 16.3. The smallest absolute Gasteiger partial charge is 0.165 e. The van der Waals surface area contributed by atoms with Gasteiger partial charge in [-0.25, -0.2) is 4.39 Å². The van der Waals surface area contributed by atoms with Crippen LogP contribution in [0.2, 0.25) is 5.02 Å². The van der Waals surface area contributed by atoms with Gasteiger partial charge < -0.3 is 4.74 Å². The van der Waals surface area contributed by atoms with Gasteiger partial charge in [-0.15, -0.1) is 0 Å². The van der Waals surface area contributed by atoms with Crippen molar-refractivity contribution in [3.05, 3.63) is 71.6 Å². The molecule has 2 heterocycles. The van der Waals surface area contributed by atoms with E-state index < -0.39 is 0 Å². The molecule has 1 aliphatic rings. The van der Waals surface area contributed by atoms with Gasteiger partial charge in [0.1, 0.15) is 6.61 Å². The summed E-state index contributed by atoms with van der Waals surface area (Å²) in [5.74, 6) is -0.0665. The second-order valence-corrected chi connectivity index (χ2v) is 7.42. The Labute approximate surface area is 169 Å². The quantitative estimate of drug-likeness (QED) is 0.535. The van der Waals surface area contributed by atoms with Gasteiger partial charge in [0.05, 0.1) is 5.69 Å². The first-order valence-corrected chi connectivity index (χ1v) is 9.94. The first-order chi connectivity index (χ1) is 13.7. The first-order valence-electron chi connectivity index (χ1n) is 9.56. The molecule has 0 amide bonds. The van der Waals surface area contributed by atoms with E-state index in [-0.39, 0.29) is 5.82 Å². The molecule has 1 aliphatic heterocycles. The van der Waals surface area contributed by atoms with Crippen LogP contribution in [0.3, 0.4) is 0 Å². The molecule has 0 radical (unpaired) electrons. The minimum absolute atomic E-state index is 0.292. The molecule has 4 rings (SSSR count). The van der Waals surface area contributed by atoms with Crippen molar-refractivity contribution in [3.8, 4) is 28.1 Å². The van der Waals surface area contributed by atoms with Gasteiger partial charge in [-0.1, -0.05) is 29.8 Å². The van der Waals surface area contributed by atoms with Crippen molar-refractivity contribution in [2.75, 3.05) is 26.2 Å². The molecule has 1 fully saturated rings. The Kier molecular flexibility index (Phi) is 5.89. The van der Waals surface area contributed by atoms with Crippen LogP contribution in [0.4, 0.5) is 4.39 Å². The summed E-state index contributed by atoms with van der Waals surface area (Å²) in [4.78, 5) is 6.83. The number of halogens is 2. The van der Waals surface area contributed by atoms with Crippen LogP contribution in [0.1, 0.15) is 12.8 Å². The van der Waals surface area contributed by atoms with Crippen LogP contribution >= 0.6 is 11.6 Å². The van der Waals surface area contributed by atoms with Gasteiger partial charge in [-0.2, -0.15) is 0 Å². The average Bonchev–Trinajstić information content (AvgIpc) is 3.23. The van der Waals surface area contributed by atoms with E-state index >= 15 is 0 Å². The highest BCUT2D eigenvalue weighted by Gasteiger charge is 2.12. The molecule has 144 valence electrons. The van der Waals surface area contributed by atoms with Gasteiger partial charge in [0.25, 0.3) is 0 Å².